The van der Waals surface area contributed by atoms with Gasteiger partial charge in [0.15, 0.2) is 0 Å². The second-order valence-corrected chi connectivity index (χ2v) is 5.75. The Morgan fingerprint density at radius 1 is 1.30 bits per heavy atom. The number of piperidine rings is 1. The Labute approximate surface area is 120 Å². The van der Waals surface area contributed by atoms with Crippen LogP contribution in [0.5, 0.6) is 0 Å². The van der Waals surface area contributed by atoms with E-state index in [1.807, 2.05) is 19.2 Å². The van der Waals surface area contributed by atoms with Crippen molar-refractivity contribution in [2.45, 2.75) is 26.3 Å². The molecular formula is C16H23FN2O. The van der Waals surface area contributed by atoms with E-state index in [-0.39, 0.29) is 11.7 Å². The van der Waals surface area contributed by atoms with Crippen LogP contribution >= 0.6 is 0 Å². The SMILES string of the molecule is CC(=O)N(C)CC1CCN(Cc2ccc(F)cc2)CC1. The number of amides is 1. The van der Waals surface area contributed by atoms with Crippen LogP contribution in [-0.2, 0) is 11.3 Å². The van der Waals surface area contributed by atoms with Crippen LogP contribution in [0.2, 0.25) is 0 Å². The summed E-state index contributed by atoms with van der Waals surface area (Å²) in [5, 5.41) is 0. The third-order valence-corrected chi connectivity index (χ3v) is 4.10. The first kappa shape index (κ1) is 15.0. The predicted molar refractivity (Wildman–Crippen MR) is 77.7 cm³/mol. The van der Waals surface area contributed by atoms with Gasteiger partial charge in [0, 0.05) is 27.1 Å². The molecule has 0 aliphatic carbocycles. The summed E-state index contributed by atoms with van der Waals surface area (Å²) in [6, 6.07) is 6.74. The monoisotopic (exact) mass is 278 g/mol. The first-order valence-electron chi connectivity index (χ1n) is 7.23. The number of hydrogen-bond acceptors (Lipinski definition) is 2. The van der Waals surface area contributed by atoms with Crippen molar-refractivity contribution in [3.05, 3.63) is 35.6 Å². The molecule has 0 unspecified atom stereocenters. The lowest BCUT2D eigenvalue weighted by Crippen LogP contribution is -2.38. The molecule has 1 fully saturated rings. The summed E-state index contributed by atoms with van der Waals surface area (Å²) in [4.78, 5) is 15.4. The number of rotatable bonds is 4. The van der Waals surface area contributed by atoms with E-state index in [0.29, 0.717) is 5.92 Å². The first-order valence-corrected chi connectivity index (χ1v) is 7.23. The third kappa shape index (κ3) is 4.30. The van der Waals surface area contributed by atoms with E-state index < -0.39 is 0 Å². The second kappa shape index (κ2) is 6.84. The minimum Gasteiger partial charge on any atom is -0.346 e. The van der Waals surface area contributed by atoms with Crippen molar-refractivity contribution in [1.82, 2.24) is 9.80 Å². The van der Waals surface area contributed by atoms with E-state index in [1.54, 1.807) is 11.8 Å². The molecule has 0 N–H and O–H groups in total. The molecule has 1 aliphatic heterocycles. The van der Waals surface area contributed by atoms with E-state index in [4.69, 9.17) is 0 Å². The maximum atomic E-state index is 12.9. The van der Waals surface area contributed by atoms with Crippen LogP contribution in [0.15, 0.2) is 24.3 Å². The Bertz CT molecular complexity index is 438. The van der Waals surface area contributed by atoms with Crippen molar-refractivity contribution in [1.29, 1.82) is 0 Å². The van der Waals surface area contributed by atoms with Crippen LogP contribution in [0.25, 0.3) is 0 Å². The number of benzene rings is 1. The van der Waals surface area contributed by atoms with E-state index in [0.717, 1.165) is 44.6 Å². The molecule has 4 heteroatoms. The number of nitrogens with zero attached hydrogens (tertiary/aromatic N) is 2. The summed E-state index contributed by atoms with van der Waals surface area (Å²) >= 11 is 0. The second-order valence-electron chi connectivity index (χ2n) is 5.75. The molecule has 1 aromatic rings. The Kier molecular flexibility index (Phi) is 5.12. The lowest BCUT2D eigenvalue weighted by atomic mass is 9.96. The summed E-state index contributed by atoms with van der Waals surface area (Å²) in [7, 11) is 1.87. The Morgan fingerprint density at radius 3 is 2.45 bits per heavy atom. The zero-order valence-corrected chi connectivity index (χ0v) is 12.3. The Hall–Kier alpha value is -1.42. The summed E-state index contributed by atoms with van der Waals surface area (Å²) in [6.45, 7) is 5.46. The van der Waals surface area contributed by atoms with Gasteiger partial charge in [0.25, 0.3) is 0 Å². The first-order chi connectivity index (χ1) is 9.54. The molecule has 3 nitrogen and oxygen atoms in total. The molecule has 0 aromatic heterocycles. The normalized spacial score (nSPS) is 17.1. The minimum absolute atomic E-state index is 0.138. The van der Waals surface area contributed by atoms with Gasteiger partial charge in [0.2, 0.25) is 5.91 Å². The zero-order valence-electron chi connectivity index (χ0n) is 12.3. The van der Waals surface area contributed by atoms with Gasteiger partial charge in [-0.2, -0.15) is 0 Å². The highest BCUT2D eigenvalue weighted by atomic mass is 19.1. The number of carbonyl (C=O) groups is 1. The molecule has 0 atom stereocenters. The van der Waals surface area contributed by atoms with Gasteiger partial charge in [0.1, 0.15) is 5.82 Å². The van der Waals surface area contributed by atoms with Gasteiger partial charge in [-0.05, 0) is 49.5 Å². The average molecular weight is 278 g/mol. The van der Waals surface area contributed by atoms with Crippen molar-refractivity contribution in [2.24, 2.45) is 5.92 Å². The van der Waals surface area contributed by atoms with E-state index in [9.17, 15) is 9.18 Å². The molecule has 0 saturated carbocycles. The maximum absolute atomic E-state index is 12.9. The van der Waals surface area contributed by atoms with Crippen molar-refractivity contribution in [2.75, 3.05) is 26.7 Å². The fourth-order valence-corrected chi connectivity index (χ4v) is 2.69. The molecule has 0 bridgehead atoms. The smallest absolute Gasteiger partial charge is 0.219 e. The van der Waals surface area contributed by atoms with E-state index in [1.165, 1.54) is 12.1 Å². The highest BCUT2D eigenvalue weighted by Gasteiger charge is 2.21. The van der Waals surface area contributed by atoms with Crippen molar-refractivity contribution < 1.29 is 9.18 Å². The lowest BCUT2D eigenvalue weighted by molar-refractivity contribution is -0.128. The van der Waals surface area contributed by atoms with Crippen LogP contribution in [-0.4, -0.2) is 42.4 Å². The summed E-state index contributed by atoms with van der Waals surface area (Å²) < 4.78 is 12.9. The predicted octanol–water partition coefficient (Wildman–Crippen LogP) is 2.52. The molecule has 0 radical (unpaired) electrons. The summed E-state index contributed by atoms with van der Waals surface area (Å²) in [5.41, 5.74) is 1.16. The van der Waals surface area contributed by atoms with Crippen LogP contribution in [0.3, 0.4) is 0 Å². The number of halogens is 1. The van der Waals surface area contributed by atoms with Crippen LogP contribution < -0.4 is 0 Å². The largest absolute Gasteiger partial charge is 0.346 e. The van der Waals surface area contributed by atoms with Gasteiger partial charge in [0.05, 0.1) is 0 Å². The topological polar surface area (TPSA) is 23.6 Å². The Balaban J connectivity index is 1.76. The fraction of sp³-hybridized carbons (Fsp3) is 0.562. The summed E-state index contributed by atoms with van der Waals surface area (Å²) in [5.74, 6) is 0.562. The average Bonchev–Trinajstić information content (AvgIpc) is 2.43. The van der Waals surface area contributed by atoms with Crippen molar-refractivity contribution in [3.8, 4) is 0 Å². The van der Waals surface area contributed by atoms with Crippen LogP contribution in [0, 0.1) is 11.7 Å². The van der Waals surface area contributed by atoms with Gasteiger partial charge >= 0.3 is 0 Å². The molecule has 1 aromatic carbocycles. The fourth-order valence-electron chi connectivity index (χ4n) is 2.69. The molecule has 0 spiro atoms. The van der Waals surface area contributed by atoms with Crippen LogP contribution in [0.1, 0.15) is 25.3 Å². The molecule has 20 heavy (non-hydrogen) atoms. The molecule has 2 rings (SSSR count). The third-order valence-electron chi connectivity index (χ3n) is 4.10. The van der Waals surface area contributed by atoms with Gasteiger partial charge in [-0.15, -0.1) is 0 Å². The van der Waals surface area contributed by atoms with E-state index in [2.05, 4.69) is 4.90 Å². The molecule has 1 aliphatic rings. The van der Waals surface area contributed by atoms with Gasteiger partial charge < -0.3 is 4.90 Å². The van der Waals surface area contributed by atoms with E-state index >= 15 is 0 Å². The minimum atomic E-state index is -0.181. The molecule has 1 heterocycles. The lowest BCUT2D eigenvalue weighted by Gasteiger charge is -2.33. The van der Waals surface area contributed by atoms with Gasteiger partial charge in [-0.25, -0.2) is 4.39 Å². The highest BCUT2D eigenvalue weighted by Crippen LogP contribution is 2.20. The molecule has 1 amide bonds. The maximum Gasteiger partial charge on any atom is 0.219 e. The van der Waals surface area contributed by atoms with Gasteiger partial charge in [-0.3, -0.25) is 9.69 Å². The zero-order chi connectivity index (χ0) is 14.5. The van der Waals surface area contributed by atoms with Crippen molar-refractivity contribution >= 4 is 5.91 Å². The molecule has 110 valence electrons. The van der Waals surface area contributed by atoms with Crippen molar-refractivity contribution in [3.63, 3.8) is 0 Å². The standard InChI is InChI=1S/C16H23FN2O/c1-13(20)18(2)11-15-7-9-19(10-8-15)12-14-3-5-16(17)6-4-14/h3-6,15H,7-12H2,1-2H3. The van der Waals surface area contributed by atoms with Crippen LogP contribution in [0.4, 0.5) is 4.39 Å². The Morgan fingerprint density at radius 2 is 1.90 bits per heavy atom. The van der Waals surface area contributed by atoms with Gasteiger partial charge in [-0.1, -0.05) is 12.1 Å². The number of carbonyl (C=O) groups excluding carboxylic acids is 1. The quantitative estimate of drug-likeness (QED) is 0.845. The highest BCUT2D eigenvalue weighted by molar-refractivity contribution is 5.72. The molecule has 1 saturated heterocycles. The number of likely N-dealkylation sites (tertiary alicyclic amines) is 1. The summed E-state index contributed by atoms with van der Waals surface area (Å²) in [6.07, 6.45) is 2.25. The molecular weight excluding hydrogens is 255 g/mol. The number of hydrogen-bond donors (Lipinski definition) is 0.